The van der Waals surface area contributed by atoms with Crippen molar-refractivity contribution in [3.8, 4) is 11.5 Å². The first-order chi connectivity index (χ1) is 9.20. The van der Waals surface area contributed by atoms with Crippen LogP contribution in [0.25, 0.3) is 0 Å². The topological polar surface area (TPSA) is 61.7 Å². The van der Waals surface area contributed by atoms with Gasteiger partial charge in [0.1, 0.15) is 0 Å². The summed E-state index contributed by atoms with van der Waals surface area (Å²) in [5.41, 5.74) is 2.15. The molecule has 4 heteroatoms. The molecule has 1 aromatic rings. The molecule has 0 saturated carbocycles. The van der Waals surface area contributed by atoms with Crippen molar-refractivity contribution >= 4 is 0 Å². The van der Waals surface area contributed by atoms with Crippen LogP contribution >= 0.6 is 0 Å². The van der Waals surface area contributed by atoms with E-state index in [4.69, 9.17) is 4.74 Å². The second-order valence-electron chi connectivity index (χ2n) is 5.17. The Hall–Kier alpha value is -1.26. The van der Waals surface area contributed by atoms with Crippen molar-refractivity contribution in [2.45, 2.75) is 45.2 Å². The number of aromatic hydroxyl groups is 2. The zero-order valence-electron chi connectivity index (χ0n) is 11.5. The summed E-state index contributed by atoms with van der Waals surface area (Å²) in [6.07, 6.45) is 4.38. The molecule has 0 spiro atoms. The van der Waals surface area contributed by atoms with Gasteiger partial charge in [-0.1, -0.05) is 19.8 Å². The molecule has 1 unspecified atom stereocenters. The molecule has 0 aliphatic carbocycles. The van der Waals surface area contributed by atoms with Gasteiger partial charge in [0.25, 0.3) is 0 Å². The highest BCUT2D eigenvalue weighted by Crippen LogP contribution is 2.30. The molecule has 1 aliphatic heterocycles. The van der Waals surface area contributed by atoms with Crippen molar-refractivity contribution in [3.05, 3.63) is 23.3 Å². The number of phenolic OH excluding ortho intramolecular Hbond substituents is 2. The Bertz CT molecular complexity index is 420. The summed E-state index contributed by atoms with van der Waals surface area (Å²) in [5, 5.41) is 22.4. The standard InChI is InChI=1S/C15H23NO3/c1-2-3-4-5-19-10-13-6-11-7-14(17)15(18)8-12(11)9-16-13/h7-8,13,16-18H,2-6,9-10H2,1H3. The van der Waals surface area contributed by atoms with Gasteiger partial charge in [-0.2, -0.15) is 0 Å². The lowest BCUT2D eigenvalue weighted by atomic mass is 9.95. The number of unbranched alkanes of at least 4 members (excludes halogenated alkanes) is 2. The monoisotopic (exact) mass is 265 g/mol. The molecule has 1 atom stereocenters. The van der Waals surface area contributed by atoms with E-state index < -0.39 is 0 Å². The van der Waals surface area contributed by atoms with E-state index in [9.17, 15) is 10.2 Å². The Morgan fingerprint density at radius 3 is 2.68 bits per heavy atom. The van der Waals surface area contributed by atoms with Gasteiger partial charge in [-0.05, 0) is 36.1 Å². The summed E-state index contributed by atoms with van der Waals surface area (Å²) < 4.78 is 5.67. The highest BCUT2D eigenvalue weighted by molar-refractivity contribution is 5.46. The van der Waals surface area contributed by atoms with Crippen LogP contribution in [0.3, 0.4) is 0 Å². The molecule has 3 N–H and O–H groups in total. The molecule has 19 heavy (non-hydrogen) atoms. The van der Waals surface area contributed by atoms with Gasteiger partial charge in [-0.3, -0.25) is 0 Å². The fourth-order valence-electron chi connectivity index (χ4n) is 2.41. The van der Waals surface area contributed by atoms with Gasteiger partial charge in [0.15, 0.2) is 11.5 Å². The maximum Gasteiger partial charge on any atom is 0.157 e. The fraction of sp³-hybridized carbons (Fsp3) is 0.600. The molecule has 1 aliphatic rings. The van der Waals surface area contributed by atoms with E-state index in [0.29, 0.717) is 13.2 Å². The Balaban J connectivity index is 1.83. The average Bonchev–Trinajstić information content (AvgIpc) is 2.40. The van der Waals surface area contributed by atoms with Crippen molar-refractivity contribution in [1.82, 2.24) is 5.32 Å². The second kappa shape index (κ2) is 6.78. The molecule has 0 bridgehead atoms. The second-order valence-corrected chi connectivity index (χ2v) is 5.17. The summed E-state index contributed by atoms with van der Waals surface area (Å²) in [6.45, 7) is 4.41. The SMILES string of the molecule is CCCCCOCC1Cc2cc(O)c(O)cc2CN1. The number of rotatable bonds is 6. The molecular formula is C15H23NO3. The number of fused-ring (bicyclic) bond motifs is 1. The molecule has 106 valence electrons. The van der Waals surface area contributed by atoms with Gasteiger partial charge in [0.05, 0.1) is 6.61 Å². The predicted molar refractivity (Wildman–Crippen MR) is 74.4 cm³/mol. The molecule has 2 rings (SSSR count). The first-order valence-electron chi connectivity index (χ1n) is 7.05. The zero-order chi connectivity index (χ0) is 13.7. The zero-order valence-corrected chi connectivity index (χ0v) is 11.5. The van der Waals surface area contributed by atoms with Crippen molar-refractivity contribution in [2.24, 2.45) is 0 Å². The first-order valence-corrected chi connectivity index (χ1v) is 7.05. The maximum atomic E-state index is 9.53. The van der Waals surface area contributed by atoms with Crippen molar-refractivity contribution in [2.75, 3.05) is 13.2 Å². The van der Waals surface area contributed by atoms with Crippen molar-refractivity contribution in [1.29, 1.82) is 0 Å². The molecule has 0 fully saturated rings. The Morgan fingerprint density at radius 1 is 1.21 bits per heavy atom. The number of phenols is 2. The van der Waals surface area contributed by atoms with E-state index in [-0.39, 0.29) is 17.5 Å². The van der Waals surface area contributed by atoms with Gasteiger partial charge < -0.3 is 20.3 Å². The van der Waals surface area contributed by atoms with Crippen LogP contribution in [0.15, 0.2) is 12.1 Å². The summed E-state index contributed by atoms with van der Waals surface area (Å²) in [5.74, 6) is -0.0851. The summed E-state index contributed by atoms with van der Waals surface area (Å²) in [4.78, 5) is 0. The van der Waals surface area contributed by atoms with Crippen molar-refractivity contribution in [3.63, 3.8) is 0 Å². The largest absolute Gasteiger partial charge is 0.504 e. The van der Waals surface area contributed by atoms with Gasteiger partial charge in [0, 0.05) is 19.2 Å². The molecule has 0 saturated heterocycles. The van der Waals surface area contributed by atoms with Crippen LogP contribution < -0.4 is 5.32 Å². The normalized spacial score (nSPS) is 18.3. The van der Waals surface area contributed by atoms with Gasteiger partial charge in [0.2, 0.25) is 0 Å². The number of hydrogen-bond acceptors (Lipinski definition) is 4. The maximum absolute atomic E-state index is 9.53. The highest BCUT2D eigenvalue weighted by atomic mass is 16.5. The summed E-state index contributed by atoms with van der Waals surface area (Å²) in [6, 6.07) is 3.59. The number of hydrogen-bond donors (Lipinski definition) is 3. The Kier molecular flexibility index (Phi) is 5.05. The van der Waals surface area contributed by atoms with E-state index in [1.165, 1.54) is 12.8 Å². The van der Waals surface area contributed by atoms with E-state index in [1.54, 1.807) is 12.1 Å². The lowest BCUT2D eigenvalue weighted by molar-refractivity contribution is 0.105. The van der Waals surface area contributed by atoms with Crippen LogP contribution in [-0.2, 0) is 17.7 Å². The molecule has 1 heterocycles. The van der Waals surface area contributed by atoms with E-state index in [2.05, 4.69) is 12.2 Å². The van der Waals surface area contributed by atoms with Gasteiger partial charge in [-0.25, -0.2) is 0 Å². The average molecular weight is 265 g/mol. The first kappa shape index (κ1) is 14.2. The number of nitrogens with one attached hydrogen (secondary N) is 1. The smallest absolute Gasteiger partial charge is 0.157 e. The molecule has 0 aromatic heterocycles. The minimum atomic E-state index is -0.0465. The minimum Gasteiger partial charge on any atom is -0.504 e. The fourth-order valence-corrected chi connectivity index (χ4v) is 2.41. The molecule has 0 radical (unpaired) electrons. The van der Waals surface area contributed by atoms with Crippen LogP contribution in [0.4, 0.5) is 0 Å². The van der Waals surface area contributed by atoms with E-state index in [0.717, 1.165) is 30.6 Å². The predicted octanol–water partition coefficient (Wildman–Crippen LogP) is 2.32. The Morgan fingerprint density at radius 2 is 1.95 bits per heavy atom. The summed E-state index contributed by atoms with van der Waals surface area (Å²) >= 11 is 0. The Labute approximate surface area is 114 Å². The molecule has 1 aromatic carbocycles. The van der Waals surface area contributed by atoms with E-state index >= 15 is 0 Å². The van der Waals surface area contributed by atoms with Crippen LogP contribution in [-0.4, -0.2) is 29.5 Å². The molecule has 0 amide bonds. The molecule has 4 nitrogen and oxygen atoms in total. The number of benzene rings is 1. The highest BCUT2D eigenvalue weighted by Gasteiger charge is 2.19. The summed E-state index contributed by atoms with van der Waals surface area (Å²) in [7, 11) is 0. The van der Waals surface area contributed by atoms with Crippen LogP contribution in [0.2, 0.25) is 0 Å². The quantitative estimate of drug-likeness (QED) is 0.545. The minimum absolute atomic E-state index is 0.0386. The van der Waals surface area contributed by atoms with Gasteiger partial charge in [-0.15, -0.1) is 0 Å². The third kappa shape index (κ3) is 3.85. The lowest BCUT2D eigenvalue weighted by Gasteiger charge is -2.26. The third-order valence-electron chi connectivity index (χ3n) is 3.56. The third-order valence-corrected chi connectivity index (χ3v) is 3.56. The van der Waals surface area contributed by atoms with Crippen LogP contribution in [0, 0.1) is 0 Å². The van der Waals surface area contributed by atoms with Crippen LogP contribution in [0.5, 0.6) is 11.5 Å². The lowest BCUT2D eigenvalue weighted by Crippen LogP contribution is -2.39. The van der Waals surface area contributed by atoms with Crippen LogP contribution in [0.1, 0.15) is 37.3 Å². The van der Waals surface area contributed by atoms with Crippen molar-refractivity contribution < 1.29 is 14.9 Å². The number of ether oxygens (including phenoxy) is 1. The molecular weight excluding hydrogens is 242 g/mol. The van der Waals surface area contributed by atoms with Gasteiger partial charge >= 0.3 is 0 Å². The van der Waals surface area contributed by atoms with E-state index in [1.807, 2.05) is 0 Å².